The SMILES string of the molecule is C=C1C(=O)O[C@@H]2/C=C(/C)C3=CC(=O)[C@@](C)(C[C@@H](OC(=O)C(C)CC)[C@@H]12)O3. The predicted molar refractivity (Wildman–Crippen MR) is 92.8 cm³/mol. The van der Waals surface area contributed by atoms with Gasteiger partial charge in [0.1, 0.15) is 18.0 Å². The quantitative estimate of drug-likeness (QED) is 0.569. The van der Waals surface area contributed by atoms with Crippen molar-refractivity contribution >= 4 is 17.7 Å². The van der Waals surface area contributed by atoms with Gasteiger partial charge in [-0.15, -0.1) is 0 Å². The van der Waals surface area contributed by atoms with Crippen LogP contribution in [-0.2, 0) is 28.6 Å². The van der Waals surface area contributed by atoms with Gasteiger partial charge >= 0.3 is 11.9 Å². The van der Waals surface area contributed by atoms with Gasteiger partial charge in [0, 0.05) is 18.1 Å². The van der Waals surface area contributed by atoms with Crippen molar-refractivity contribution in [2.45, 2.75) is 58.3 Å². The van der Waals surface area contributed by atoms with Crippen LogP contribution in [0.15, 0.2) is 35.6 Å². The lowest BCUT2D eigenvalue weighted by molar-refractivity contribution is -0.161. The molecule has 0 aromatic carbocycles. The van der Waals surface area contributed by atoms with Crippen LogP contribution in [0.1, 0.15) is 40.5 Å². The third-order valence-electron chi connectivity index (χ3n) is 5.46. The molecule has 0 saturated carbocycles. The zero-order valence-electron chi connectivity index (χ0n) is 15.5. The van der Waals surface area contributed by atoms with Crippen LogP contribution in [0.4, 0.5) is 0 Å². The standard InChI is InChI=1S/C20H24O6/c1-6-10(2)18(22)25-15-9-20(5)16(21)8-13(26-20)11(3)7-14-17(15)12(4)19(23)24-14/h7-8,10,14-15,17H,4,6,9H2,1-3,5H3/b11-7-/t10?,14-,15-,17+,20-/m1/s1. The maximum atomic E-state index is 12.5. The van der Waals surface area contributed by atoms with Crippen molar-refractivity contribution < 1.29 is 28.6 Å². The number of hydrogen-bond acceptors (Lipinski definition) is 6. The molecular formula is C20H24O6. The average molecular weight is 360 g/mol. The van der Waals surface area contributed by atoms with E-state index in [0.717, 1.165) is 0 Å². The van der Waals surface area contributed by atoms with Crippen molar-refractivity contribution in [1.29, 1.82) is 0 Å². The van der Waals surface area contributed by atoms with E-state index >= 15 is 0 Å². The van der Waals surface area contributed by atoms with Crippen LogP contribution in [0.3, 0.4) is 0 Å². The lowest BCUT2D eigenvalue weighted by atomic mass is 9.82. The molecular weight excluding hydrogens is 336 g/mol. The van der Waals surface area contributed by atoms with E-state index in [4.69, 9.17) is 14.2 Å². The van der Waals surface area contributed by atoms with Crippen molar-refractivity contribution in [2.75, 3.05) is 0 Å². The number of ether oxygens (including phenoxy) is 3. The molecule has 6 nitrogen and oxygen atoms in total. The molecule has 0 spiro atoms. The molecule has 3 heterocycles. The molecule has 0 aliphatic carbocycles. The van der Waals surface area contributed by atoms with Gasteiger partial charge in [-0.05, 0) is 31.9 Å². The first-order valence-corrected chi connectivity index (χ1v) is 8.90. The van der Waals surface area contributed by atoms with Crippen LogP contribution in [0.2, 0.25) is 0 Å². The van der Waals surface area contributed by atoms with Gasteiger partial charge in [0.05, 0.1) is 11.8 Å². The van der Waals surface area contributed by atoms with Crippen LogP contribution in [0.25, 0.3) is 0 Å². The van der Waals surface area contributed by atoms with E-state index in [1.807, 2.05) is 6.92 Å². The Balaban J connectivity index is 2.03. The van der Waals surface area contributed by atoms with Gasteiger partial charge in [0.2, 0.25) is 5.78 Å². The molecule has 0 aromatic rings. The number of carbonyl (C=O) groups is 3. The van der Waals surface area contributed by atoms with Gasteiger partial charge in [-0.1, -0.05) is 20.4 Å². The fourth-order valence-corrected chi connectivity index (χ4v) is 3.50. The van der Waals surface area contributed by atoms with Crippen molar-refractivity contribution in [2.24, 2.45) is 11.8 Å². The molecule has 3 aliphatic heterocycles. The van der Waals surface area contributed by atoms with E-state index < -0.39 is 29.7 Å². The summed E-state index contributed by atoms with van der Waals surface area (Å²) in [6.45, 7) is 11.0. The topological polar surface area (TPSA) is 78.9 Å². The molecule has 0 radical (unpaired) electrons. The summed E-state index contributed by atoms with van der Waals surface area (Å²) in [5.74, 6) is -1.43. The summed E-state index contributed by atoms with van der Waals surface area (Å²) in [6, 6.07) is 0. The first kappa shape index (κ1) is 18.4. The third-order valence-corrected chi connectivity index (χ3v) is 5.46. The number of carbonyl (C=O) groups excluding carboxylic acids is 3. The maximum absolute atomic E-state index is 12.5. The zero-order valence-corrected chi connectivity index (χ0v) is 15.5. The molecule has 1 saturated heterocycles. The van der Waals surface area contributed by atoms with Crippen LogP contribution in [0, 0.1) is 11.8 Å². The predicted octanol–water partition coefficient (Wildman–Crippen LogP) is 2.63. The Morgan fingerprint density at radius 3 is 2.81 bits per heavy atom. The summed E-state index contributed by atoms with van der Waals surface area (Å²) in [5.41, 5.74) is -0.191. The molecule has 3 rings (SSSR count). The second-order valence-corrected chi connectivity index (χ2v) is 7.47. The van der Waals surface area contributed by atoms with Gasteiger partial charge in [0.15, 0.2) is 5.60 Å². The smallest absolute Gasteiger partial charge is 0.334 e. The van der Waals surface area contributed by atoms with Gasteiger partial charge in [-0.3, -0.25) is 9.59 Å². The molecule has 5 atom stereocenters. The normalized spacial score (nSPS) is 36.5. The fourth-order valence-electron chi connectivity index (χ4n) is 3.50. The number of hydrogen-bond donors (Lipinski definition) is 0. The molecule has 3 aliphatic rings. The van der Waals surface area contributed by atoms with E-state index in [2.05, 4.69) is 6.58 Å². The summed E-state index contributed by atoms with van der Waals surface area (Å²) < 4.78 is 17.1. The second-order valence-electron chi connectivity index (χ2n) is 7.47. The summed E-state index contributed by atoms with van der Waals surface area (Å²) in [7, 11) is 0. The molecule has 1 unspecified atom stereocenters. The maximum Gasteiger partial charge on any atom is 0.334 e. The Bertz CT molecular complexity index is 745. The molecule has 6 heteroatoms. The fraction of sp³-hybridized carbons (Fsp3) is 0.550. The highest BCUT2D eigenvalue weighted by molar-refractivity contribution is 6.00. The van der Waals surface area contributed by atoms with E-state index in [-0.39, 0.29) is 29.7 Å². The highest BCUT2D eigenvalue weighted by Gasteiger charge is 2.51. The summed E-state index contributed by atoms with van der Waals surface area (Å²) in [6.07, 6.45) is 2.60. The van der Waals surface area contributed by atoms with E-state index in [1.165, 1.54) is 6.08 Å². The Hall–Kier alpha value is -2.37. The number of rotatable bonds is 3. The van der Waals surface area contributed by atoms with Crippen molar-refractivity contribution in [1.82, 2.24) is 0 Å². The van der Waals surface area contributed by atoms with Crippen LogP contribution < -0.4 is 0 Å². The molecule has 0 amide bonds. The van der Waals surface area contributed by atoms with E-state index in [0.29, 0.717) is 17.8 Å². The lowest BCUT2D eigenvalue weighted by Crippen LogP contribution is -2.43. The minimum absolute atomic E-state index is 0.131. The minimum atomic E-state index is -1.15. The summed E-state index contributed by atoms with van der Waals surface area (Å²) in [5, 5.41) is 0. The van der Waals surface area contributed by atoms with Crippen LogP contribution in [0.5, 0.6) is 0 Å². The first-order chi connectivity index (χ1) is 12.2. The van der Waals surface area contributed by atoms with Crippen molar-refractivity contribution in [3.8, 4) is 0 Å². The van der Waals surface area contributed by atoms with Gasteiger partial charge in [-0.2, -0.15) is 0 Å². The second kappa shape index (κ2) is 6.41. The average Bonchev–Trinajstić information content (AvgIpc) is 3.03. The van der Waals surface area contributed by atoms with E-state index in [1.54, 1.807) is 26.8 Å². The Morgan fingerprint density at radius 1 is 1.46 bits per heavy atom. The zero-order chi connectivity index (χ0) is 19.2. The summed E-state index contributed by atoms with van der Waals surface area (Å²) >= 11 is 0. The number of esters is 2. The first-order valence-electron chi connectivity index (χ1n) is 8.90. The third kappa shape index (κ3) is 2.97. The largest absolute Gasteiger partial charge is 0.479 e. The van der Waals surface area contributed by atoms with E-state index in [9.17, 15) is 14.4 Å². The number of allylic oxidation sites excluding steroid dienone is 1. The molecule has 140 valence electrons. The number of fused-ring (bicyclic) bond motifs is 3. The molecule has 0 aromatic heterocycles. The monoisotopic (exact) mass is 360 g/mol. The highest BCUT2D eigenvalue weighted by atomic mass is 16.6. The Morgan fingerprint density at radius 2 is 2.15 bits per heavy atom. The van der Waals surface area contributed by atoms with Crippen molar-refractivity contribution in [3.05, 3.63) is 35.6 Å². The van der Waals surface area contributed by atoms with Gasteiger partial charge < -0.3 is 14.2 Å². The minimum Gasteiger partial charge on any atom is -0.479 e. The Kier molecular flexibility index (Phi) is 4.54. The van der Waals surface area contributed by atoms with Crippen LogP contribution >= 0.6 is 0 Å². The lowest BCUT2D eigenvalue weighted by Gasteiger charge is -2.32. The molecule has 0 N–H and O–H groups in total. The Labute approximate surface area is 152 Å². The molecule has 26 heavy (non-hydrogen) atoms. The molecule has 1 fully saturated rings. The van der Waals surface area contributed by atoms with Crippen molar-refractivity contribution in [3.63, 3.8) is 0 Å². The van der Waals surface area contributed by atoms with Crippen LogP contribution in [-0.4, -0.2) is 35.5 Å². The summed E-state index contributed by atoms with van der Waals surface area (Å²) in [4.78, 5) is 37.0. The number of ketones is 1. The van der Waals surface area contributed by atoms with Gasteiger partial charge in [-0.25, -0.2) is 4.79 Å². The highest BCUT2D eigenvalue weighted by Crippen LogP contribution is 2.42. The van der Waals surface area contributed by atoms with Gasteiger partial charge in [0.25, 0.3) is 0 Å². The molecule has 2 bridgehead atoms.